The molecule has 0 aromatic heterocycles. The zero-order valence-corrected chi connectivity index (χ0v) is 16.1. The maximum absolute atomic E-state index is 11.8. The number of carbonyl (C=O) groups is 1. The predicted molar refractivity (Wildman–Crippen MR) is 110 cm³/mol. The lowest BCUT2D eigenvalue weighted by Crippen LogP contribution is -2.40. The Labute approximate surface area is 161 Å². The molecule has 5 nitrogen and oxygen atoms in total. The second kappa shape index (κ2) is 9.21. The maximum atomic E-state index is 11.8. The summed E-state index contributed by atoms with van der Waals surface area (Å²) in [5.41, 5.74) is 3.10. The van der Waals surface area contributed by atoms with E-state index in [1.807, 2.05) is 24.3 Å². The molecule has 142 valence electrons. The lowest BCUT2D eigenvalue weighted by Gasteiger charge is -2.22. The van der Waals surface area contributed by atoms with Gasteiger partial charge in [-0.25, -0.2) is 4.99 Å². The maximum Gasteiger partial charge on any atom is 0.251 e. The molecule has 27 heavy (non-hydrogen) atoms. The second-order valence-electron chi connectivity index (χ2n) is 6.79. The van der Waals surface area contributed by atoms with Gasteiger partial charge in [0, 0.05) is 38.2 Å². The van der Waals surface area contributed by atoms with Crippen molar-refractivity contribution in [3.05, 3.63) is 71.3 Å². The zero-order chi connectivity index (χ0) is 19.1. The van der Waals surface area contributed by atoms with E-state index in [-0.39, 0.29) is 5.91 Å². The SMILES string of the molecule is CCNC(=NCc1cccc(C(=O)NC)c1)N1CCC(c2ccccc2)C1. The molecule has 5 heteroatoms. The first-order valence-corrected chi connectivity index (χ1v) is 9.60. The number of hydrogen-bond donors (Lipinski definition) is 2. The van der Waals surface area contributed by atoms with Crippen LogP contribution in [0.5, 0.6) is 0 Å². The second-order valence-corrected chi connectivity index (χ2v) is 6.79. The smallest absolute Gasteiger partial charge is 0.251 e. The van der Waals surface area contributed by atoms with Gasteiger partial charge < -0.3 is 15.5 Å². The number of nitrogens with zero attached hydrogens (tertiary/aromatic N) is 2. The molecule has 1 fully saturated rings. The average Bonchev–Trinajstić information content (AvgIpc) is 3.21. The van der Waals surface area contributed by atoms with Crippen LogP contribution in [0, 0.1) is 0 Å². The van der Waals surface area contributed by atoms with Crippen LogP contribution in [0.25, 0.3) is 0 Å². The van der Waals surface area contributed by atoms with Crippen molar-refractivity contribution >= 4 is 11.9 Å². The lowest BCUT2D eigenvalue weighted by atomic mass is 9.99. The largest absolute Gasteiger partial charge is 0.357 e. The average molecular weight is 364 g/mol. The van der Waals surface area contributed by atoms with E-state index in [1.165, 1.54) is 5.56 Å². The van der Waals surface area contributed by atoms with Crippen LogP contribution in [-0.2, 0) is 6.54 Å². The standard InChI is InChI=1S/C22H28N4O/c1-3-24-22(25-15-17-8-7-11-19(14-17)21(27)23-2)26-13-12-20(16-26)18-9-5-4-6-10-18/h4-11,14,20H,3,12-13,15-16H2,1-2H3,(H,23,27)(H,24,25). The van der Waals surface area contributed by atoms with Crippen LogP contribution in [0.15, 0.2) is 59.6 Å². The summed E-state index contributed by atoms with van der Waals surface area (Å²) in [6.07, 6.45) is 1.14. The van der Waals surface area contributed by atoms with Crippen LogP contribution < -0.4 is 10.6 Å². The molecule has 0 spiro atoms. The summed E-state index contributed by atoms with van der Waals surface area (Å²) in [5, 5.41) is 6.08. The van der Waals surface area contributed by atoms with Crippen molar-refractivity contribution in [1.29, 1.82) is 0 Å². The molecule has 0 radical (unpaired) electrons. The molecule has 1 unspecified atom stereocenters. The summed E-state index contributed by atoms with van der Waals surface area (Å²) in [7, 11) is 1.65. The van der Waals surface area contributed by atoms with Crippen molar-refractivity contribution in [2.45, 2.75) is 25.8 Å². The van der Waals surface area contributed by atoms with E-state index < -0.39 is 0 Å². The number of carbonyl (C=O) groups excluding carboxylic acids is 1. The van der Waals surface area contributed by atoms with Gasteiger partial charge in [0.15, 0.2) is 5.96 Å². The topological polar surface area (TPSA) is 56.7 Å². The van der Waals surface area contributed by atoms with Gasteiger partial charge in [-0.1, -0.05) is 42.5 Å². The monoisotopic (exact) mass is 364 g/mol. The number of guanidine groups is 1. The van der Waals surface area contributed by atoms with Gasteiger partial charge in [0.2, 0.25) is 0 Å². The molecule has 0 aliphatic carbocycles. The Bertz CT molecular complexity index is 788. The highest BCUT2D eigenvalue weighted by Gasteiger charge is 2.25. The summed E-state index contributed by atoms with van der Waals surface area (Å²) in [4.78, 5) is 19.0. The lowest BCUT2D eigenvalue weighted by molar-refractivity contribution is 0.0963. The third-order valence-electron chi connectivity index (χ3n) is 4.92. The molecule has 1 amide bonds. The summed E-state index contributed by atoms with van der Waals surface area (Å²) in [6, 6.07) is 18.3. The number of nitrogens with one attached hydrogen (secondary N) is 2. The Kier molecular flexibility index (Phi) is 6.47. The first-order chi connectivity index (χ1) is 13.2. The van der Waals surface area contributed by atoms with E-state index in [4.69, 9.17) is 4.99 Å². The van der Waals surface area contributed by atoms with Crippen molar-refractivity contribution in [2.75, 3.05) is 26.7 Å². The predicted octanol–water partition coefficient (Wildman–Crippen LogP) is 3.00. The van der Waals surface area contributed by atoms with Crippen molar-refractivity contribution in [1.82, 2.24) is 15.5 Å². The van der Waals surface area contributed by atoms with Crippen LogP contribution in [0.3, 0.4) is 0 Å². The molecular weight excluding hydrogens is 336 g/mol. The van der Waals surface area contributed by atoms with Gasteiger partial charge in [0.1, 0.15) is 0 Å². The molecule has 1 heterocycles. The van der Waals surface area contributed by atoms with E-state index >= 15 is 0 Å². The minimum Gasteiger partial charge on any atom is -0.357 e. The fraction of sp³-hybridized carbons (Fsp3) is 0.364. The third kappa shape index (κ3) is 4.88. The fourth-order valence-electron chi connectivity index (χ4n) is 3.50. The Morgan fingerprint density at radius 1 is 1.19 bits per heavy atom. The summed E-state index contributed by atoms with van der Waals surface area (Å²) in [6.45, 7) is 5.47. The number of amides is 1. The molecule has 2 N–H and O–H groups in total. The fourth-order valence-corrected chi connectivity index (χ4v) is 3.50. The zero-order valence-electron chi connectivity index (χ0n) is 16.1. The summed E-state index contributed by atoms with van der Waals surface area (Å²) in [5.74, 6) is 1.42. The molecule has 1 atom stereocenters. The van der Waals surface area contributed by atoms with Crippen LogP contribution >= 0.6 is 0 Å². The van der Waals surface area contributed by atoms with E-state index in [0.29, 0.717) is 18.0 Å². The quantitative estimate of drug-likeness (QED) is 0.633. The molecule has 2 aromatic carbocycles. The molecule has 2 aromatic rings. The van der Waals surface area contributed by atoms with Gasteiger partial charge in [0.25, 0.3) is 5.91 Å². The molecule has 3 rings (SSSR count). The highest BCUT2D eigenvalue weighted by molar-refractivity contribution is 5.94. The Hall–Kier alpha value is -2.82. The molecule has 1 saturated heterocycles. The molecule has 0 saturated carbocycles. The Balaban J connectivity index is 1.69. The number of likely N-dealkylation sites (tertiary alicyclic amines) is 1. The normalized spacial score (nSPS) is 17.0. The van der Waals surface area contributed by atoms with Gasteiger partial charge in [-0.2, -0.15) is 0 Å². The van der Waals surface area contributed by atoms with Crippen molar-refractivity contribution in [3.8, 4) is 0 Å². The van der Waals surface area contributed by atoms with Crippen LogP contribution in [0.2, 0.25) is 0 Å². The number of benzene rings is 2. The van der Waals surface area contributed by atoms with E-state index in [0.717, 1.165) is 37.6 Å². The third-order valence-corrected chi connectivity index (χ3v) is 4.92. The number of hydrogen-bond acceptors (Lipinski definition) is 2. The van der Waals surface area contributed by atoms with Crippen molar-refractivity contribution < 1.29 is 4.79 Å². The Morgan fingerprint density at radius 2 is 2.00 bits per heavy atom. The minimum absolute atomic E-state index is 0.0713. The van der Waals surface area contributed by atoms with E-state index in [2.05, 4.69) is 52.8 Å². The molecule has 1 aliphatic heterocycles. The van der Waals surface area contributed by atoms with Crippen molar-refractivity contribution in [3.63, 3.8) is 0 Å². The number of aliphatic imine (C=N–C) groups is 1. The summed E-state index contributed by atoms with van der Waals surface area (Å²) < 4.78 is 0. The first kappa shape index (κ1) is 19.0. The Morgan fingerprint density at radius 3 is 2.74 bits per heavy atom. The molecule has 0 bridgehead atoms. The van der Waals surface area contributed by atoms with Gasteiger partial charge in [0.05, 0.1) is 6.54 Å². The number of rotatable bonds is 5. The van der Waals surface area contributed by atoms with Crippen LogP contribution in [-0.4, -0.2) is 43.4 Å². The highest BCUT2D eigenvalue weighted by Crippen LogP contribution is 2.27. The molecule has 1 aliphatic rings. The van der Waals surface area contributed by atoms with Gasteiger partial charge in [-0.15, -0.1) is 0 Å². The highest BCUT2D eigenvalue weighted by atomic mass is 16.1. The van der Waals surface area contributed by atoms with Gasteiger partial charge in [-0.3, -0.25) is 4.79 Å². The summed E-state index contributed by atoms with van der Waals surface area (Å²) >= 11 is 0. The van der Waals surface area contributed by atoms with E-state index in [1.54, 1.807) is 7.05 Å². The van der Waals surface area contributed by atoms with E-state index in [9.17, 15) is 4.79 Å². The van der Waals surface area contributed by atoms with Crippen LogP contribution in [0.1, 0.15) is 40.7 Å². The van der Waals surface area contributed by atoms with Gasteiger partial charge >= 0.3 is 0 Å². The first-order valence-electron chi connectivity index (χ1n) is 9.60. The minimum atomic E-state index is -0.0713. The van der Waals surface area contributed by atoms with Crippen molar-refractivity contribution in [2.24, 2.45) is 4.99 Å². The molecular formula is C22H28N4O. The van der Waals surface area contributed by atoms with Gasteiger partial charge in [-0.05, 0) is 36.6 Å². The van der Waals surface area contributed by atoms with Crippen LogP contribution in [0.4, 0.5) is 0 Å².